The molecule has 0 heterocycles. The number of allylic oxidation sites excluding steroid dienone is 3. The molecule has 14 heavy (non-hydrogen) atoms. The summed E-state index contributed by atoms with van der Waals surface area (Å²) in [6.45, 7) is 14.7. The molecule has 0 atom stereocenters. The molecule has 0 saturated heterocycles. The Kier molecular flexibility index (Phi) is 10.6. The van der Waals surface area contributed by atoms with Gasteiger partial charge < -0.3 is 4.74 Å². The minimum absolute atomic E-state index is 0.262. The van der Waals surface area contributed by atoms with Crippen LogP contribution in [0.5, 0.6) is 0 Å². The van der Waals surface area contributed by atoms with Gasteiger partial charge in [-0.2, -0.15) is 0 Å². The van der Waals surface area contributed by atoms with E-state index in [0.717, 1.165) is 5.57 Å². The lowest BCUT2D eigenvalue weighted by atomic mass is 10.3. The first-order valence-electron chi connectivity index (χ1n) is 4.80. The maximum Gasteiger partial charge on any atom is 0.310 e. The number of hydrogen-bond acceptors (Lipinski definition) is 2. The Bertz CT molecular complexity index is 224. The monoisotopic (exact) mass is 196 g/mol. The molecule has 0 unspecified atom stereocenters. The summed E-state index contributed by atoms with van der Waals surface area (Å²) in [4.78, 5) is 10.8. The highest BCUT2D eigenvalue weighted by Gasteiger charge is 2.00. The summed E-state index contributed by atoms with van der Waals surface area (Å²) in [6, 6.07) is 0. The SMILES string of the molecule is C=C/C(=C\C(=C)C)OC(=O)CC.CC. The number of hydrogen-bond donors (Lipinski definition) is 0. The number of rotatable bonds is 4. The summed E-state index contributed by atoms with van der Waals surface area (Å²) in [5.74, 6) is 0.191. The minimum Gasteiger partial charge on any atom is -0.427 e. The predicted molar refractivity (Wildman–Crippen MR) is 60.8 cm³/mol. The zero-order chi connectivity index (χ0) is 11.6. The number of ether oxygens (including phenoxy) is 1. The molecule has 80 valence electrons. The van der Waals surface area contributed by atoms with Crippen LogP contribution in [0.4, 0.5) is 0 Å². The molecule has 0 fully saturated rings. The molecule has 0 rings (SSSR count). The summed E-state index contributed by atoms with van der Waals surface area (Å²) >= 11 is 0. The fraction of sp³-hybridized carbons (Fsp3) is 0.417. The van der Waals surface area contributed by atoms with E-state index in [9.17, 15) is 4.79 Å². The molecule has 0 aliphatic carbocycles. The van der Waals surface area contributed by atoms with Gasteiger partial charge in [0.15, 0.2) is 0 Å². The molecule has 2 heteroatoms. The van der Waals surface area contributed by atoms with Gasteiger partial charge in [-0.25, -0.2) is 0 Å². The normalized spacial score (nSPS) is 9.57. The molecule has 0 radical (unpaired) electrons. The van der Waals surface area contributed by atoms with Gasteiger partial charge in [-0.05, 0) is 19.1 Å². The van der Waals surface area contributed by atoms with Gasteiger partial charge in [0.05, 0.1) is 0 Å². The maximum absolute atomic E-state index is 10.8. The van der Waals surface area contributed by atoms with Gasteiger partial charge in [0, 0.05) is 6.42 Å². The average molecular weight is 196 g/mol. The first-order chi connectivity index (χ1) is 6.60. The average Bonchev–Trinajstić information content (AvgIpc) is 2.19. The molecule has 0 aliphatic rings. The fourth-order valence-electron chi connectivity index (χ4n) is 0.577. The van der Waals surface area contributed by atoms with Crippen molar-refractivity contribution in [3.63, 3.8) is 0 Å². The van der Waals surface area contributed by atoms with Crippen molar-refractivity contribution >= 4 is 5.97 Å². The van der Waals surface area contributed by atoms with Crippen molar-refractivity contribution in [1.82, 2.24) is 0 Å². The van der Waals surface area contributed by atoms with Gasteiger partial charge in [0.2, 0.25) is 0 Å². The number of carbonyl (C=O) groups excluding carboxylic acids is 1. The van der Waals surface area contributed by atoms with Crippen LogP contribution >= 0.6 is 0 Å². The van der Waals surface area contributed by atoms with Crippen LogP contribution in [0.15, 0.2) is 36.6 Å². The molecular weight excluding hydrogens is 176 g/mol. The standard InChI is InChI=1S/C10H14O2.C2H6/c1-5-9(7-8(3)4)12-10(11)6-2;1-2/h5,7H,1,3,6H2,2,4H3;1-2H3/b9-7+;. The lowest BCUT2D eigenvalue weighted by Crippen LogP contribution is -2.00. The van der Waals surface area contributed by atoms with E-state index in [1.807, 2.05) is 20.8 Å². The lowest BCUT2D eigenvalue weighted by molar-refractivity contribution is -0.138. The Morgan fingerprint density at radius 2 is 1.93 bits per heavy atom. The third-order valence-corrected chi connectivity index (χ3v) is 1.11. The molecule has 0 aromatic carbocycles. The van der Waals surface area contributed by atoms with Crippen molar-refractivity contribution in [2.45, 2.75) is 34.1 Å². The van der Waals surface area contributed by atoms with Crippen molar-refractivity contribution in [2.24, 2.45) is 0 Å². The van der Waals surface area contributed by atoms with Crippen LogP contribution in [-0.4, -0.2) is 5.97 Å². The van der Waals surface area contributed by atoms with Gasteiger partial charge in [-0.15, -0.1) is 0 Å². The molecule has 0 amide bonds. The molecule has 0 aromatic heterocycles. The summed E-state index contributed by atoms with van der Waals surface area (Å²) < 4.78 is 4.90. The summed E-state index contributed by atoms with van der Waals surface area (Å²) in [5.41, 5.74) is 0.828. The van der Waals surface area contributed by atoms with Gasteiger partial charge in [-0.3, -0.25) is 4.79 Å². The Hall–Kier alpha value is -1.31. The Labute approximate surface area is 87.0 Å². The highest BCUT2D eigenvalue weighted by atomic mass is 16.5. The molecule has 0 saturated carbocycles. The van der Waals surface area contributed by atoms with E-state index in [4.69, 9.17) is 4.74 Å². The van der Waals surface area contributed by atoms with Crippen LogP contribution in [0.25, 0.3) is 0 Å². The fourth-order valence-corrected chi connectivity index (χ4v) is 0.577. The van der Waals surface area contributed by atoms with Gasteiger partial charge in [0.1, 0.15) is 5.76 Å². The third-order valence-electron chi connectivity index (χ3n) is 1.11. The second kappa shape index (κ2) is 9.78. The van der Waals surface area contributed by atoms with Crippen LogP contribution < -0.4 is 0 Å². The van der Waals surface area contributed by atoms with Crippen molar-refractivity contribution in [2.75, 3.05) is 0 Å². The Morgan fingerprint density at radius 3 is 2.21 bits per heavy atom. The second-order valence-electron chi connectivity index (χ2n) is 2.42. The third kappa shape index (κ3) is 8.78. The minimum atomic E-state index is -0.262. The van der Waals surface area contributed by atoms with Crippen molar-refractivity contribution in [1.29, 1.82) is 0 Å². The molecular formula is C12H20O2. The lowest BCUT2D eigenvalue weighted by Gasteiger charge is -2.02. The zero-order valence-corrected chi connectivity index (χ0v) is 9.59. The van der Waals surface area contributed by atoms with E-state index in [1.54, 1.807) is 13.0 Å². The van der Waals surface area contributed by atoms with Crippen molar-refractivity contribution in [3.05, 3.63) is 36.6 Å². The van der Waals surface area contributed by atoms with Crippen LogP contribution in [0.1, 0.15) is 34.1 Å². The topological polar surface area (TPSA) is 26.3 Å². The van der Waals surface area contributed by atoms with E-state index in [2.05, 4.69) is 13.2 Å². The quantitative estimate of drug-likeness (QED) is 0.390. The first kappa shape index (κ1) is 15.2. The molecule has 0 aromatic rings. The van der Waals surface area contributed by atoms with Gasteiger partial charge in [-0.1, -0.05) is 39.5 Å². The number of carbonyl (C=O) groups is 1. The van der Waals surface area contributed by atoms with E-state index >= 15 is 0 Å². The molecule has 0 N–H and O–H groups in total. The van der Waals surface area contributed by atoms with Crippen LogP contribution in [0.3, 0.4) is 0 Å². The molecule has 0 spiro atoms. The molecule has 0 bridgehead atoms. The highest BCUT2D eigenvalue weighted by Crippen LogP contribution is 2.04. The van der Waals surface area contributed by atoms with Crippen molar-refractivity contribution in [3.8, 4) is 0 Å². The van der Waals surface area contributed by atoms with Gasteiger partial charge in [0.25, 0.3) is 0 Å². The van der Waals surface area contributed by atoms with Crippen LogP contribution in [-0.2, 0) is 9.53 Å². The predicted octanol–water partition coefficient (Wildman–Crippen LogP) is 3.61. The zero-order valence-electron chi connectivity index (χ0n) is 9.59. The van der Waals surface area contributed by atoms with E-state index in [0.29, 0.717) is 12.2 Å². The first-order valence-corrected chi connectivity index (χ1v) is 4.80. The van der Waals surface area contributed by atoms with E-state index in [-0.39, 0.29) is 5.97 Å². The second-order valence-corrected chi connectivity index (χ2v) is 2.42. The summed E-state index contributed by atoms with van der Waals surface area (Å²) in [6.07, 6.45) is 3.52. The van der Waals surface area contributed by atoms with E-state index < -0.39 is 0 Å². The molecule has 0 aliphatic heterocycles. The smallest absolute Gasteiger partial charge is 0.310 e. The Morgan fingerprint density at radius 1 is 1.43 bits per heavy atom. The number of esters is 1. The van der Waals surface area contributed by atoms with E-state index in [1.165, 1.54) is 6.08 Å². The van der Waals surface area contributed by atoms with Crippen LogP contribution in [0.2, 0.25) is 0 Å². The highest BCUT2D eigenvalue weighted by molar-refractivity contribution is 5.70. The van der Waals surface area contributed by atoms with Gasteiger partial charge >= 0.3 is 5.97 Å². The summed E-state index contributed by atoms with van der Waals surface area (Å²) in [7, 11) is 0. The largest absolute Gasteiger partial charge is 0.427 e. The Balaban J connectivity index is 0. The summed E-state index contributed by atoms with van der Waals surface area (Å²) in [5, 5.41) is 0. The molecule has 2 nitrogen and oxygen atoms in total. The van der Waals surface area contributed by atoms with Crippen molar-refractivity contribution < 1.29 is 9.53 Å². The maximum atomic E-state index is 10.8. The van der Waals surface area contributed by atoms with Crippen LogP contribution in [0, 0.1) is 0 Å².